The number of carbonyl (C=O) groups excluding carboxylic acids is 1. The average Bonchev–Trinajstić information content (AvgIpc) is 2.65. The molecule has 2 atom stereocenters. The molecule has 1 aromatic carbocycles. The molecule has 0 spiro atoms. The first-order valence-corrected chi connectivity index (χ1v) is 9.12. The molecule has 0 unspecified atom stereocenters. The summed E-state index contributed by atoms with van der Waals surface area (Å²) in [5, 5.41) is 5.58. The fraction of sp³-hybridized carbons (Fsp3) is 0.368. The lowest BCUT2D eigenvalue weighted by atomic mass is 9.91. The number of anilines is 3. The Labute approximate surface area is 164 Å². The standard InChI is InChI=1S/C19H21F4N5O/c20-13-9-12(16(25)29)17(26-11-5-3-4-10(8-11)19(21,22)23)28-18(13)27-15-7-2-1-6-14(15)24/h3-5,8-9,14-15H,1-2,6-7,24H2,(H2,25,29)(H2,26,27,28)/t14-,15+/m0/s1. The van der Waals surface area contributed by atoms with Crippen molar-refractivity contribution in [3.8, 4) is 0 Å². The molecule has 1 aromatic heterocycles. The molecular formula is C19H21F4N5O. The molecule has 6 N–H and O–H groups in total. The molecule has 1 aliphatic carbocycles. The van der Waals surface area contributed by atoms with Gasteiger partial charge in [-0.25, -0.2) is 9.37 Å². The highest BCUT2D eigenvalue weighted by atomic mass is 19.4. The van der Waals surface area contributed by atoms with E-state index in [1.165, 1.54) is 12.1 Å². The molecule has 1 fully saturated rings. The monoisotopic (exact) mass is 411 g/mol. The molecule has 0 radical (unpaired) electrons. The summed E-state index contributed by atoms with van der Waals surface area (Å²) in [6, 6.07) is 4.87. The lowest BCUT2D eigenvalue weighted by molar-refractivity contribution is -0.137. The quantitative estimate of drug-likeness (QED) is 0.561. The number of hydrogen-bond acceptors (Lipinski definition) is 5. The summed E-state index contributed by atoms with van der Waals surface area (Å²) in [4.78, 5) is 15.8. The summed E-state index contributed by atoms with van der Waals surface area (Å²) in [7, 11) is 0. The molecule has 3 rings (SSSR count). The van der Waals surface area contributed by atoms with Crippen LogP contribution in [0, 0.1) is 5.82 Å². The van der Waals surface area contributed by atoms with Crippen LogP contribution in [0.2, 0.25) is 0 Å². The Bertz CT molecular complexity index is 903. The molecular weight excluding hydrogens is 390 g/mol. The number of amides is 1. The van der Waals surface area contributed by atoms with Crippen LogP contribution in [0.5, 0.6) is 0 Å². The van der Waals surface area contributed by atoms with Crippen LogP contribution in [-0.2, 0) is 6.18 Å². The third kappa shape index (κ3) is 4.94. The zero-order chi connectivity index (χ0) is 21.2. The lowest BCUT2D eigenvalue weighted by Crippen LogP contribution is -2.43. The van der Waals surface area contributed by atoms with Crippen LogP contribution in [-0.4, -0.2) is 23.0 Å². The number of carbonyl (C=O) groups is 1. The van der Waals surface area contributed by atoms with Crippen LogP contribution in [0.3, 0.4) is 0 Å². The Balaban J connectivity index is 1.93. The summed E-state index contributed by atoms with van der Waals surface area (Å²) in [5.41, 5.74) is 10.2. The number of nitrogens with two attached hydrogens (primary N) is 2. The van der Waals surface area contributed by atoms with Gasteiger partial charge in [-0.15, -0.1) is 0 Å². The molecule has 156 valence electrons. The predicted octanol–water partition coefficient (Wildman–Crippen LogP) is 3.76. The van der Waals surface area contributed by atoms with Crippen molar-refractivity contribution in [2.45, 2.75) is 43.9 Å². The fourth-order valence-corrected chi connectivity index (χ4v) is 3.30. The normalized spacial score (nSPS) is 19.6. The summed E-state index contributed by atoms with van der Waals surface area (Å²) in [6.07, 6.45) is -1.10. The molecule has 1 amide bonds. The predicted molar refractivity (Wildman–Crippen MR) is 101 cm³/mol. The number of pyridine rings is 1. The van der Waals surface area contributed by atoms with Gasteiger partial charge >= 0.3 is 6.18 Å². The fourth-order valence-electron chi connectivity index (χ4n) is 3.30. The van der Waals surface area contributed by atoms with Crippen molar-refractivity contribution < 1.29 is 22.4 Å². The third-order valence-electron chi connectivity index (χ3n) is 4.84. The van der Waals surface area contributed by atoms with Gasteiger partial charge in [-0.3, -0.25) is 4.79 Å². The van der Waals surface area contributed by atoms with Crippen LogP contribution in [0.1, 0.15) is 41.6 Å². The number of nitrogens with one attached hydrogen (secondary N) is 2. The zero-order valence-corrected chi connectivity index (χ0v) is 15.4. The number of primary amides is 1. The molecule has 2 aromatic rings. The van der Waals surface area contributed by atoms with Gasteiger partial charge in [0, 0.05) is 17.8 Å². The Morgan fingerprint density at radius 1 is 1.14 bits per heavy atom. The first-order chi connectivity index (χ1) is 13.6. The van der Waals surface area contributed by atoms with Crippen LogP contribution in [0.15, 0.2) is 30.3 Å². The molecule has 0 saturated heterocycles. The SMILES string of the molecule is NC(=O)c1cc(F)c(N[C@@H]2CCCC[C@@H]2N)nc1Nc1cccc(C(F)(F)F)c1. The first-order valence-electron chi connectivity index (χ1n) is 9.12. The summed E-state index contributed by atoms with van der Waals surface area (Å²) in [5.74, 6) is -2.06. The largest absolute Gasteiger partial charge is 0.416 e. The van der Waals surface area contributed by atoms with Gasteiger partial charge in [-0.1, -0.05) is 18.9 Å². The molecule has 1 aliphatic rings. The Kier molecular flexibility index (Phi) is 5.92. The maximum absolute atomic E-state index is 14.5. The van der Waals surface area contributed by atoms with Gasteiger partial charge in [-0.05, 0) is 37.1 Å². The van der Waals surface area contributed by atoms with Crippen molar-refractivity contribution in [2.24, 2.45) is 11.5 Å². The van der Waals surface area contributed by atoms with Crippen molar-refractivity contribution in [3.63, 3.8) is 0 Å². The number of halogens is 4. The van der Waals surface area contributed by atoms with Crippen LogP contribution in [0.4, 0.5) is 34.9 Å². The molecule has 0 bridgehead atoms. The number of hydrogen-bond donors (Lipinski definition) is 4. The van der Waals surface area contributed by atoms with Gasteiger partial charge in [0.25, 0.3) is 5.91 Å². The van der Waals surface area contributed by atoms with E-state index in [2.05, 4.69) is 15.6 Å². The second kappa shape index (κ2) is 8.24. The Hall–Kier alpha value is -2.88. The first kappa shape index (κ1) is 20.8. The van der Waals surface area contributed by atoms with Gasteiger partial charge in [0.2, 0.25) is 0 Å². The molecule has 0 aliphatic heterocycles. The van der Waals surface area contributed by atoms with Gasteiger partial charge in [-0.2, -0.15) is 13.2 Å². The molecule has 6 nitrogen and oxygen atoms in total. The summed E-state index contributed by atoms with van der Waals surface area (Å²) in [6.45, 7) is 0. The second-order valence-electron chi connectivity index (χ2n) is 6.98. The smallest absolute Gasteiger partial charge is 0.365 e. The second-order valence-corrected chi connectivity index (χ2v) is 6.98. The molecule has 1 saturated carbocycles. The van der Waals surface area contributed by atoms with Crippen molar-refractivity contribution in [2.75, 3.05) is 10.6 Å². The molecule has 10 heteroatoms. The van der Waals surface area contributed by atoms with E-state index in [4.69, 9.17) is 11.5 Å². The highest BCUT2D eigenvalue weighted by Gasteiger charge is 2.30. The van der Waals surface area contributed by atoms with E-state index in [0.29, 0.717) is 0 Å². The number of benzene rings is 1. The van der Waals surface area contributed by atoms with E-state index < -0.39 is 23.5 Å². The molecule has 29 heavy (non-hydrogen) atoms. The van der Waals surface area contributed by atoms with Crippen molar-refractivity contribution in [3.05, 3.63) is 47.3 Å². The van der Waals surface area contributed by atoms with Crippen molar-refractivity contribution in [1.29, 1.82) is 0 Å². The Morgan fingerprint density at radius 2 is 1.86 bits per heavy atom. The minimum absolute atomic E-state index is 0.0294. The summed E-state index contributed by atoms with van der Waals surface area (Å²) < 4.78 is 53.3. The number of nitrogens with zero attached hydrogens (tertiary/aromatic N) is 1. The van der Waals surface area contributed by atoms with Crippen molar-refractivity contribution in [1.82, 2.24) is 4.98 Å². The van der Waals surface area contributed by atoms with Crippen LogP contribution < -0.4 is 22.1 Å². The minimum Gasteiger partial charge on any atom is -0.365 e. The van der Waals surface area contributed by atoms with Gasteiger partial charge < -0.3 is 22.1 Å². The maximum atomic E-state index is 14.5. The van der Waals surface area contributed by atoms with Crippen LogP contribution >= 0.6 is 0 Å². The third-order valence-corrected chi connectivity index (χ3v) is 4.84. The Morgan fingerprint density at radius 3 is 2.52 bits per heavy atom. The van der Waals surface area contributed by atoms with E-state index in [-0.39, 0.29) is 35.0 Å². The van der Waals surface area contributed by atoms with Gasteiger partial charge in [0.05, 0.1) is 11.1 Å². The van der Waals surface area contributed by atoms with Gasteiger partial charge in [0.1, 0.15) is 5.82 Å². The van der Waals surface area contributed by atoms with E-state index >= 15 is 0 Å². The van der Waals surface area contributed by atoms with E-state index in [1.807, 2.05) is 0 Å². The number of aromatic nitrogens is 1. The van der Waals surface area contributed by atoms with E-state index in [9.17, 15) is 22.4 Å². The van der Waals surface area contributed by atoms with Crippen molar-refractivity contribution >= 4 is 23.2 Å². The minimum atomic E-state index is -4.54. The van der Waals surface area contributed by atoms with E-state index in [1.54, 1.807) is 0 Å². The topological polar surface area (TPSA) is 106 Å². The number of rotatable bonds is 5. The maximum Gasteiger partial charge on any atom is 0.416 e. The summed E-state index contributed by atoms with van der Waals surface area (Å²) >= 11 is 0. The number of alkyl halides is 3. The van der Waals surface area contributed by atoms with E-state index in [0.717, 1.165) is 43.9 Å². The lowest BCUT2D eigenvalue weighted by Gasteiger charge is -2.30. The van der Waals surface area contributed by atoms with Gasteiger partial charge in [0.15, 0.2) is 11.6 Å². The van der Waals surface area contributed by atoms with Crippen LogP contribution in [0.25, 0.3) is 0 Å². The highest BCUT2D eigenvalue weighted by Crippen LogP contribution is 2.32. The molecule has 1 heterocycles. The zero-order valence-electron chi connectivity index (χ0n) is 15.4. The average molecular weight is 411 g/mol. The highest BCUT2D eigenvalue weighted by molar-refractivity contribution is 5.98.